The predicted molar refractivity (Wildman–Crippen MR) is 98.4 cm³/mol. The van der Waals surface area contributed by atoms with Gasteiger partial charge in [0, 0.05) is 9.69 Å². The molecule has 1 aromatic heterocycles. The lowest BCUT2D eigenvalue weighted by Gasteiger charge is -2.32. The van der Waals surface area contributed by atoms with Gasteiger partial charge in [0.2, 0.25) is 6.17 Å². The van der Waals surface area contributed by atoms with Crippen molar-refractivity contribution in [2.24, 2.45) is 10.1 Å². The number of thioether (sulfide) groups is 1. The van der Waals surface area contributed by atoms with Gasteiger partial charge in [-0.2, -0.15) is 0 Å². The number of nitrogens with zero attached hydrogens (tertiary/aromatic N) is 3. The van der Waals surface area contributed by atoms with Gasteiger partial charge in [-0.1, -0.05) is 27.7 Å². The van der Waals surface area contributed by atoms with E-state index < -0.39 is 6.17 Å². The molecule has 0 aliphatic carbocycles. The third kappa shape index (κ3) is 2.60. The molecule has 122 valence electrons. The second-order valence-corrected chi connectivity index (χ2v) is 7.55. The van der Waals surface area contributed by atoms with Gasteiger partial charge in [0.25, 0.3) is 5.91 Å². The quantitative estimate of drug-likeness (QED) is 0.695. The highest BCUT2D eigenvalue weighted by Gasteiger charge is 2.35. The monoisotopic (exact) mass is 468 g/mol. The molecule has 2 aliphatic rings. The van der Waals surface area contributed by atoms with Gasteiger partial charge in [-0.15, -0.1) is 5.10 Å². The molecule has 3 heterocycles. The van der Waals surface area contributed by atoms with Gasteiger partial charge in [-0.3, -0.25) is 10.1 Å². The Labute approximate surface area is 157 Å². The highest BCUT2D eigenvalue weighted by Crippen LogP contribution is 2.32. The Morgan fingerprint density at radius 2 is 2.12 bits per heavy atom. The molecule has 0 fully saturated rings. The van der Waals surface area contributed by atoms with Crippen molar-refractivity contribution in [1.29, 1.82) is 0 Å². The van der Waals surface area contributed by atoms with Gasteiger partial charge in [0.05, 0.1) is 5.36 Å². The van der Waals surface area contributed by atoms with Gasteiger partial charge < -0.3 is 4.42 Å². The number of furan rings is 1. The van der Waals surface area contributed by atoms with E-state index in [2.05, 4.69) is 42.3 Å². The SMILES string of the molecule is CSC1=NN2C(=c3cc(Br)ccc3=NC2c2ccc(Br)o2)C(=O)N1. The van der Waals surface area contributed by atoms with E-state index in [9.17, 15) is 4.79 Å². The fraction of sp³-hybridized carbons (Fsp3) is 0.133. The number of amides is 1. The highest BCUT2D eigenvalue weighted by atomic mass is 79.9. The summed E-state index contributed by atoms with van der Waals surface area (Å²) in [5.41, 5.74) is 0.455. The zero-order valence-electron chi connectivity index (χ0n) is 12.3. The first kappa shape index (κ1) is 15.9. The molecule has 0 saturated carbocycles. The van der Waals surface area contributed by atoms with Crippen LogP contribution in [-0.2, 0) is 4.79 Å². The maximum absolute atomic E-state index is 12.7. The molecular formula is C15H10Br2N4O2S. The summed E-state index contributed by atoms with van der Waals surface area (Å²) in [5, 5.41) is 10.9. The van der Waals surface area contributed by atoms with Crippen molar-refractivity contribution in [1.82, 2.24) is 10.3 Å². The molecule has 1 amide bonds. The Hall–Kier alpha value is -1.58. The molecule has 9 heteroatoms. The number of amidine groups is 1. The van der Waals surface area contributed by atoms with Crippen molar-refractivity contribution in [2.45, 2.75) is 6.17 Å². The number of halogens is 2. The molecular weight excluding hydrogens is 460 g/mol. The fourth-order valence-corrected chi connectivity index (χ4v) is 3.64. The van der Waals surface area contributed by atoms with E-state index in [4.69, 9.17) is 9.41 Å². The summed E-state index contributed by atoms with van der Waals surface area (Å²) in [6.45, 7) is 0. The summed E-state index contributed by atoms with van der Waals surface area (Å²) in [5.74, 6) is 0.395. The number of hydrazone groups is 1. The van der Waals surface area contributed by atoms with Crippen molar-refractivity contribution in [3.8, 4) is 0 Å². The second kappa shape index (κ2) is 6.05. The van der Waals surface area contributed by atoms with Crippen LogP contribution >= 0.6 is 43.6 Å². The Kier molecular flexibility index (Phi) is 4.01. The molecule has 2 aromatic rings. The Morgan fingerprint density at radius 1 is 1.29 bits per heavy atom. The normalized spacial score (nSPS) is 19.2. The third-order valence-corrected chi connectivity index (χ3v) is 5.10. The molecule has 24 heavy (non-hydrogen) atoms. The van der Waals surface area contributed by atoms with Crippen molar-refractivity contribution >= 4 is 60.4 Å². The van der Waals surface area contributed by atoms with Crippen LogP contribution < -0.4 is 15.9 Å². The van der Waals surface area contributed by atoms with Crippen LogP contribution in [0.2, 0.25) is 0 Å². The Morgan fingerprint density at radius 3 is 2.83 bits per heavy atom. The van der Waals surface area contributed by atoms with Crippen LogP contribution in [0.5, 0.6) is 0 Å². The van der Waals surface area contributed by atoms with Crippen LogP contribution in [0.3, 0.4) is 0 Å². The number of carbonyl (C=O) groups is 1. The molecule has 2 aliphatic heterocycles. The van der Waals surface area contributed by atoms with Crippen molar-refractivity contribution in [3.63, 3.8) is 0 Å². The lowest BCUT2D eigenvalue weighted by Crippen LogP contribution is -2.50. The number of fused-ring (bicyclic) bond motifs is 2. The molecule has 1 N–H and O–H groups in total. The van der Waals surface area contributed by atoms with Crippen molar-refractivity contribution < 1.29 is 9.21 Å². The third-order valence-electron chi connectivity index (χ3n) is 3.61. The average Bonchev–Trinajstić information content (AvgIpc) is 2.99. The van der Waals surface area contributed by atoms with Gasteiger partial charge in [-0.25, -0.2) is 10.0 Å². The number of rotatable bonds is 1. The molecule has 0 spiro atoms. The van der Waals surface area contributed by atoms with E-state index in [0.717, 1.165) is 15.0 Å². The number of nitrogens with one attached hydrogen (secondary N) is 1. The number of hydrogen-bond acceptors (Lipinski definition) is 6. The first-order chi connectivity index (χ1) is 11.6. The number of benzene rings is 1. The number of hydrogen-bond donors (Lipinski definition) is 1. The van der Waals surface area contributed by atoms with Crippen molar-refractivity contribution in [3.05, 3.63) is 55.8 Å². The van der Waals surface area contributed by atoms with Crippen LogP contribution in [0, 0.1) is 0 Å². The molecule has 0 saturated heterocycles. The van der Waals surface area contributed by atoms with Crippen LogP contribution in [0.25, 0.3) is 5.70 Å². The zero-order chi connectivity index (χ0) is 16.8. The van der Waals surface area contributed by atoms with Crippen LogP contribution in [0.15, 0.2) is 54.0 Å². The van der Waals surface area contributed by atoms with Gasteiger partial charge >= 0.3 is 0 Å². The molecule has 0 radical (unpaired) electrons. The van der Waals surface area contributed by atoms with Crippen LogP contribution in [0.1, 0.15) is 11.9 Å². The molecule has 1 aromatic carbocycles. The fourth-order valence-electron chi connectivity index (χ4n) is 2.60. The standard InChI is InChI=1S/C15H10Br2N4O2S/c1-24-15-19-14(22)12-8-6-7(16)2-3-9(8)18-13(21(12)20-15)10-4-5-11(17)23-10/h2-6,13H,1H3,(H,19,20,22). The first-order valence-electron chi connectivity index (χ1n) is 6.93. The largest absolute Gasteiger partial charge is 0.450 e. The summed E-state index contributed by atoms with van der Waals surface area (Å²) >= 11 is 8.12. The molecule has 0 bridgehead atoms. The van der Waals surface area contributed by atoms with Crippen LogP contribution in [-0.4, -0.2) is 22.3 Å². The Balaban J connectivity index is 2.01. The summed E-state index contributed by atoms with van der Waals surface area (Å²) < 4.78 is 7.14. The minimum Gasteiger partial charge on any atom is -0.450 e. The van der Waals surface area contributed by atoms with E-state index in [0.29, 0.717) is 21.3 Å². The maximum Gasteiger partial charge on any atom is 0.276 e. The van der Waals surface area contributed by atoms with E-state index >= 15 is 0 Å². The van der Waals surface area contributed by atoms with E-state index in [1.807, 2.05) is 30.5 Å². The molecule has 6 nitrogen and oxygen atoms in total. The Bertz CT molecular complexity index is 1000. The summed E-state index contributed by atoms with van der Waals surface area (Å²) in [6.07, 6.45) is 1.32. The maximum atomic E-state index is 12.7. The van der Waals surface area contributed by atoms with Crippen LogP contribution in [0.4, 0.5) is 0 Å². The molecule has 4 rings (SSSR count). The van der Waals surface area contributed by atoms with E-state index in [1.165, 1.54) is 11.8 Å². The minimum absolute atomic E-state index is 0.209. The zero-order valence-corrected chi connectivity index (χ0v) is 16.3. The smallest absolute Gasteiger partial charge is 0.276 e. The van der Waals surface area contributed by atoms with Crippen molar-refractivity contribution in [2.75, 3.05) is 6.26 Å². The summed E-state index contributed by atoms with van der Waals surface area (Å²) in [6, 6.07) is 9.25. The summed E-state index contributed by atoms with van der Waals surface area (Å²) in [4.78, 5) is 17.4. The van der Waals surface area contributed by atoms with Gasteiger partial charge in [0.1, 0.15) is 5.70 Å². The van der Waals surface area contributed by atoms with E-state index in [-0.39, 0.29) is 5.91 Å². The lowest BCUT2D eigenvalue weighted by molar-refractivity contribution is -0.116. The van der Waals surface area contributed by atoms with E-state index in [1.54, 1.807) is 11.1 Å². The lowest BCUT2D eigenvalue weighted by atomic mass is 10.1. The highest BCUT2D eigenvalue weighted by molar-refractivity contribution is 9.10. The topological polar surface area (TPSA) is 70.2 Å². The number of carbonyl (C=O) groups excluding carboxylic acids is 1. The second-order valence-electron chi connectivity index (χ2n) is 5.06. The predicted octanol–water partition coefficient (Wildman–Crippen LogP) is 2.31. The minimum atomic E-state index is -0.534. The molecule has 1 atom stereocenters. The van der Waals surface area contributed by atoms with Gasteiger partial charge in [0.15, 0.2) is 15.6 Å². The summed E-state index contributed by atoms with van der Waals surface area (Å²) in [7, 11) is 0. The van der Waals surface area contributed by atoms with Gasteiger partial charge in [-0.05, 0) is 52.5 Å². The molecule has 1 unspecified atom stereocenters. The first-order valence-corrected chi connectivity index (χ1v) is 9.74. The average molecular weight is 470 g/mol.